The zero-order valence-corrected chi connectivity index (χ0v) is 40.2. The quantitative estimate of drug-likeness (QED) is 0.0813. The Morgan fingerprint density at radius 1 is 0.681 bits per heavy atom. The van der Waals surface area contributed by atoms with E-state index in [-0.39, 0.29) is 11.3 Å². The van der Waals surface area contributed by atoms with E-state index in [1.165, 1.54) is 44.5 Å². The minimum atomic E-state index is -0.0869. The molecule has 10 rings (SSSR count). The van der Waals surface area contributed by atoms with Crippen LogP contribution in [0.15, 0.2) is 191 Å². The van der Waals surface area contributed by atoms with E-state index >= 15 is 0 Å². The molecule has 0 amide bonds. The normalized spacial score (nSPS) is 12.8. The van der Waals surface area contributed by atoms with Crippen molar-refractivity contribution in [2.24, 2.45) is 10.7 Å². The summed E-state index contributed by atoms with van der Waals surface area (Å²) in [5.74, 6) is -0.0869. The Morgan fingerprint density at radius 2 is 1.35 bits per heavy atom. The van der Waals surface area contributed by atoms with E-state index in [0.29, 0.717) is 21.8 Å². The van der Waals surface area contributed by atoms with Crippen LogP contribution in [-0.4, -0.2) is 17.1 Å². The number of amidine groups is 1. The third-order valence-corrected chi connectivity index (χ3v) is 13.0. The third-order valence-electron chi connectivity index (χ3n) is 13.0. The van der Waals surface area contributed by atoms with Crippen molar-refractivity contribution < 1.29 is 8.83 Å². The Balaban J connectivity index is 0.000000207. The summed E-state index contributed by atoms with van der Waals surface area (Å²) in [4.78, 5) is 3.76. The number of nitrogens with two attached hydrogens (primary N) is 1. The van der Waals surface area contributed by atoms with Crippen LogP contribution in [-0.2, 0) is 12.0 Å². The maximum atomic E-state index is 8.05. The van der Waals surface area contributed by atoms with Crippen LogP contribution in [0.4, 0.5) is 0 Å². The molecule has 6 heteroatoms. The summed E-state index contributed by atoms with van der Waals surface area (Å²) < 4.78 is 14.7. The Labute approximate surface area is 405 Å². The lowest BCUT2D eigenvalue weighted by atomic mass is 9.82. The Morgan fingerprint density at radius 3 is 2.01 bits per heavy atom. The zero-order chi connectivity index (χ0) is 49.0. The smallest absolute Gasteiger partial charge is 0.137 e. The van der Waals surface area contributed by atoms with Crippen LogP contribution in [0.5, 0.6) is 0 Å². The van der Waals surface area contributed by atoms with Gasteiger partial charge in [-0.05, 0) is 120 Å². The number of aryl methyl sites for hydroxylation is 1. The number of nitrogens with zero attached hydrogens (tertiary/aromatic N) is 2. The maximum Gasteiger partial charge on any atom is 0.137 e. The largest absolute Gasteiger partial charge is 0.457 e. The summed E-state index contributed by atoms with van der Waals surface area (Å²) in [5.41, 5.74) is 25.1. The molecule has 69 heavy (non-hydrogen) atoms. The highest BCUT2D eigenvalue weighted by Crippen LogP contribution is 2.48. The average molecular weight is 903 g/mol. The fourth-order valence-electron chi connectivity index (χ4n) is 9.53. The van der Waals surface area contributed by atoms with Crippen LogP contribution in [0.3, 0.4) is 0 Å². The number of nitrogens with one attached hydrogen (secondary N) is 1. The highest BCUT2D eigenvalue weighted by atomic mass is 16.3. The monoisotopic (exact) mass is 902 g/mol. The Hall–Kier alpha value is -8.48. The molecular weight excluding hydrogens is 845 g/mol. The number of benzene rings is 6. The van der Waals surface area contributed by atoms with Crippen molar-refractivity contribution in [3.05, 3.63) is 233 Å². The molecule has 0 bridgehead atoms. The molecule has 0 saturated carbocycles. The van der Waals surface area contributed by atoms with E-state index in [1.807, 2.05) is 66.7 Å². The van der Waals surface area contributed by atoms with Gasteiger partial charge in [-0.25, -0.2) is 0 Å². The van der Waals surface area contributed by atoms with Crippen LogP contribution in [0.1, 0.15) is 58.6 Å². The van der Waals surface area contributed by atoms with Crippen molar-refractivity contribution in [2.45, 2.75) is 46.6 Å². The first kappa shape index (κ1) is 47.0. The molecule has 0 atom stereocenters. The van der Waals surface area contributed by atoms with Gasteiger partial charge >= 0.3 is 0 Å². The average Bonchev–Trinajstić information content (AvgIpc) is 4.03. The van der Waals surface area contributed by atoms with Crippen molar-refractivity contribution in [2.75, 3.05) is 0 Å². The molecule has 0 aliphatic heterocycles. The minimum absolute atomic E-state index is 0.0869. The molecule has 0 unspecified atom stereocenters. The van der Waals surface area contributed by atoms with Gasteiger partial charge in [0.2, 0.25) is 0 Å². The van der Waals surface area contributed by atoms with E-state index in [4.69, 9.17) is 20.0 Å². The van der Waals surface area contributed by atoms with Gasteiger partial charge in [-0.2, -0.15) is 0 Å². The molecule has 342 valence electrons. The second-order valence-electron chi connectivity index (χ2n) is 17.7. The lowest BCUT2D eigenvalue weighted by Crippen LogP contribution is -2.27. The molecule has 6 nitrogen and oxygen atoms in total. The first-order chi connectivity index (χ1) is 33.3. The molecule has 3 N–H and O–H groups in total. The van der Waals surface area contributed by atoms with Gasteiger partial charge in [-0.1, -0.05) is 167 Å². The summed E-state index contributed by atoms with van der Waals surface area (Å²) in [6, 6.07) is 44.1. The number of aromatic nitrogens is 1. The van der Waals surface area contributed by atoms with Crippen molar-refractivity contribution in [3.8, 4) is 27.9 Å². The van der Waals surface area contributed by atoms with Gasteiger partial charge in [-0.15, -0.1) is 0 Å². The van der Waals surface area contributed by atoms with Crippen LogP contribution in [0.25, 0.3) is 85.2 Å². The predicted molar refractivity (Wildman–Crippen MR) is 295 cm³/mol. The summed E-state index contributed by atoms with van der Waals surface area (Å²) in [7, 11) is 0. The van der Waals surface area contributed by atoms with Crippen molar-refractivity contribution in [1.82, 2.24) is 4.57 Å². The second-order valence-corrected chi connectivity index (χ2v) is 17.7. The molecule has 3 aromatic heterocycles. The van der Waals surface area contributed by atoms with Crippen molar-refractivity contribution in [3.63, 3.8) is 0 Å². The van der Waals surface area contributed by atoms with E-state index in [2.05, 4.69) is 162 Å². The number of hydrogen-bond donors (Lipinski definition) is 2. The van der Waals surface area contributed by atoms with Crippen LogP contribution in [0, 0.1) is 26.2 Å². The van der Waals surface area contributed by atoms with E-state index in [9.17, 15) is 0 Å². The number of furan rings is 2. The van der Waals surface area contributed by atoms with E-state index in [0.717, 1.165) is 62.1 Å². The molecule has 1 aliphatic rings. The molecular formula is C63H58N4O2. The van der Waals surface area contributed by atoms with Gasteiger partial charge in [0, 0.05) is 55.5 Å². The van der Waals surface area contributed by atoms with Gasteiger partial charge in [0.1, 0.15) is 28.0 Å². The molecule has 0 spiro atoms. The Bertz CT molecular complexity index is 3620. The van der Waals surface area contributed by atoms with Gasteiger partial charge in [0.15, 0.2) is 0 Å². The van der Waals surface area contributed by atoms with E-state index < -0.39 is 0 Å². The number of aliphatic imine (C=N–C) groups is 1. The number of allylic oxidation sites excluding steroid dienone is 4. The SMILES string of the molecule is C=C/C=C\c1c(C)c(C)c(/C=C\C=C)n1-c1ccc2c(c1)oc1cccc(-c3ccc4oc(=C)/c(=C(\C=C)C(=N)N)c4c3)c12.C=NCc1ccccc1.Cc1ccc2c(c1)C(C)(C)c1ccccc1-2. The van der Waals surface area contributed by atoms with Crippen molar-refractivity contribution in [1.29, 1.82) is 5.41 Å². The summed E-state index contributed by atoms with van der Waals surface area (Å²) in [5, 5.41) is 11.6. The van der Waals surface area contributed by atoms with E-state index in [1.54, 1.807) is 18.2 Å². The summed E-state index contributed by atoms with van der Waals surface area (Å²) in [6.45, 7) is 30.8. The number of rotatable bonds is 10. The topological polar surface area (TPSA) is 93.4 Å². The number of fused-ring (bicyclic) bond motifs is 7. The van der Waals surface area contributed by atoms with Gasteiger partial charge in [0.05, 0.1) is 6.54 Å². The predicted octanol–water partition coefficient (Wildman–Crippen LogP) is 14.7. The second kappa shape index (κ2) is 19.8. The van der Waals surface area contributed by atoms with Gasteiger partial charge in [-0.3, -0.25) is 10.4 Å². The fraction of sp³-hybridized carbons (Fsp3) is 0.111. The fourth-order valence-corrected chi connectivity index (χ4v) is 9.53. The van der Waals surface area contributed by atoms with Gasteiger partial charge < -0.3 is 19.1 Å². The maximum absolute atomic E-state index is 8.05. The summed E-state index contributed by atoms with van der Waals surface area (Å²) in [6.07, 6.45) is 13.2. The van der Waals surface area contributed by atoms with Crippen molar-refractivity contribution >= 4 is 69.8 Å². The molecule has 1 aliphatic carbocycles. The van der Waals surface area contributed by atoms with Crippen LogP contribution >= 0.6 is 0 Å². The number of hydrogen-bond acceptors (Lipinski definition) is 4. The van der Waals surface area contributed by atoms with Crippen LogP contribution in [0.2, 0.25) is 0 Å². The lowest BCUT2D eigenvalue weighted by Gasteiger charge is -2.21. The zero-order valence-electron chi connectivity index (χ0n) is 40.2. The van der Waals surface area contributed by atoms with Gasteiger partial charge in [0.25, 0.3) is 0 Å². The molecule has 0 saturated heterocycles. The molecule has 0 fully saturated rings. The highest BCUT2D eigenvalue weighted by Gasteiger charge is 2.34. The third kappa shape index (κ3) is 8.93. The Kier molecular flexibility index (Phi) is 13.5. The first-order valence-corrected chi connectivity index (χ1v) is 23.0. The highest BCUT2D eigenvalue weighted by molar-refractivity contribution is 6.19. The molecule has 9 aromatic rings. The minimum Gasteiger partial charge on any atom is -0.457 e. The molecule has 3 heterocycles. The summed E-state index contributed by atoms with van der Waals surface area (Å²) >= 11 is 0. The first-order valence-electron chi connectivity index (χ1n) is 23.0. The molecule has 6 aromatic carbocycles. The standard InChI is InChI=1S/C39H33N3O2.C16H16.C8H9N/c1-7-10-14-32-23(4)24(5)33(15-11-8-2)42(32)27-18-19-30-36(22-27)44-35-16-12-13-29(38(30)35)26-17-20-34-31(21-26)37(25(6)43-34)28(9-3)39(40)41;1-11-8-9-13-12-6-4-5-7-14(12)16(2,3)15(13)10-11;1-9-7-8-5-3-2-4-6-8/h7-22H,1-3,6H2,4-5H3,(H3,40,41);4-10H,1-3H3;2-6H,1,7H2/b14-10-,15-11-,37-28-;;. The van der Waals surface area contributed by atoms with Crippen LogP contribution < -0.4 is 16.4 Å². The lowest BCUT2D eigenvalue weighted by molar-refractivity contribution is 0.577. The molecule has 0 radical (unpaired) electrons.